The summed E-state index contributed by atoms with van der Waals surface area (Å²) in [6.45, 7) is 2.75. The Morgan fingerprint density at radius 3 is 2.66 bits per heavy atom. The zero-order chi connectivity index (χ0) is 20.8. The van der Waals surface area contributed by atoms with Crippen molar-refractivity contribution >= 4 is 17.7 Å². The van der Waals surface area contributed by atoms with Crippen LogP contribution in [0.3, 0.4) is 0 Å². The number of ether oxygens (including phenoxy) is 1. The smallest absolute Gasteiger partial charge is 0.233 e. The van der Waals surface area contributed by atoms with Gasteiger partial charge in [0.1, 0.15) is 11.6 Å². The van der Waals surface area contributed by atoms with E-state index >= 15 is 0 Å². The number of nitrogens with zero attached hydrogens (tertiary/aromatic N) is 4. The van der Waals surface area contributed by atoms with Crippen LogP contribution in [0.5, 0.6) is 5.75 Å². The molecule has 0 bridgehead atoms. The minimum Gasteiger partial charge on any atom is -0.497 e. The summed E-state index contributed by atoms with van der Waals surface area (Å²) < 4.78 is 19.9. The Morgan fingerprint density at radius 2 is 2.00 bits per heavy atom. The molecule has 2 N–H and O–H groups in total. The number of halogens is 1. The first-order valence-electron chi connectivity index (χ1n) is 9.01. The number of nitrogens with two attached hydrogens (primary N) is 1. The number of carbonyl (C=O) groups excluding carboxylic acids is 1. The van der Waals surface area contributed by atoms with Crippen molar-refractivity contribution in [2.24, 2.45) is 0 Å². The summed E-state index contributed by atoms with van der Waals surface area (Å²) in [5.41, 5.74) is 1.54. The number of methoxy groups -OCH3 is 1. The van der Waals surface area contributed by atoms with Crippen LogP contribution in [0, 0.1) is 5.82 Å². The minimum atomic E-state index is -0.317. The third-order valence-corrected chi connectivity index (χ3v) is 5.26. The van der Waals surface area contributed by atoms with Gasteiger partial charge in [-0.1, -0.05) is 23.9 Å². The zero-order valence-electron chi connectivity index (χ0n) is 16.2. The van der Waals surface area contributed by atoms with E-state index < -0.39 is 0 Å². The van der Waals surface area contributed by atoms with Crippen LogP contribution in [0.25, 0.3) is 11.4 Å². The van der Waals surface area contributed by atoms with E-state index in [1.165, 1.54) is 28.6 Å². The second kappa shape index (κ2) is 9.42. The van der Waals surface area contributed by atoms with Crippen molar-refractivity contribution in [3.63, 3.8) is 0 Å². The van der Waals surface area contributed by atoms with Crippen molar-refractivity contribution in [2.45, 2.75) is 18.6 Å². The number of aromatic nitrogens is 3. The molecule has 1 heterocycles. The minimum absolute atomic E-state index is 0.0873. The third-order valence-electron chi connectivity index (χ3n) is 4.33. The Labute approximate surface area is 172 Å². The summed E-state index contributed by atoms with van der Waals surface area (Å²) in [5, 5.41) is 8.64. The number of carbonyl (C=O) groups is 1. The molecule has 3 aromatic rings. The van der Waals surface area contributed by atoms with E-state index in [9.17, 15) is 9.18 Å². The average molecular weight is 415 g/mol. The van der Waals surface area contributed by atoms with Gasteiger partial charge in [-0.3, -0.25) is 4.79 Å². The quantitative estimate of drug-likeness (QED) is 0.450. The van der Waals surface area contributed by atoms with Crippen LogP contribution >= 0.6 is 11.8 Å². The molecule has 1 amide bonds. The van der Waals surface area contributed by atoms with Gasteiger partial charge in [0.15, 0.2) is 5.82 Å². The maximum absolute atomic E-state index is 13.4. The predicted molar refractivity (Wildman–Crippen MR) is 110 cm³/mol. The van der Waals surface area contributed by atoms with Crippen LogP contribution in [0.4, 0.5) is 4.39 Å². The van der Waals surface area contributed by atoms with Crippen molar-refractivity contribution in [1.82, 2.24) is 19.8 Å². The number of rotatable bonds is 8. The molecule has 7 nitrogen and oxygen atoms in total. The van der Waals surface area contributed by atoms with Crippen LogP contribution in [0.15, 0.2) is 53.7 Å². The highest BCUT2D eigenvalue weighted by Crippen LogP contribution is 2.24. The number of amides is 1. The molecule has 0 saturated heterocycles. The fourth-order valence-electron chi connectivity index (χ4n) is 2.76. The number of nitrogen functional groups attached to an aromatic ring is 1. The summed E-state index contributed by atoms with van der Waals surface area (Å²) in [5.74, 6) is 7.09. The van der Waals surface area contributed by atoms with Crippen LogP contribution in [-0.2, 0) is 11.3 Å². The van der Waals surface area contributed by atoms with E-state index in [1.807, 2.05) is 31.2 Å². The van der Waals surface area contributed by atoms with Crippen molar-refractivity contribution in [1.29, 1.82) is 0 Å². The van der Waals surface area contributed by atoms with E-state index in [0.717, 1.165) is 16.9 Å². The molecular formula is C20H22FN5O2S. The highest BCUT2D eigenvalue weighted by Gasteiger charge is 2.17. The van der Waals surface area contributed by atoms with Gasteiger partial charge >= 0.3 is 0 Å². The van der Waals surface area contributed by atoms with Gasteiger partial charge in [0.05, 0.1) is 12.9 Å². The lowest BCUT2D eigenvalue weighted by atomic mass is 10.2. The molecule has 152 valence electrons. The second-order valence-electron chi connectivity index (χ2n) is 6.23. The first-order chi connectivity index (χ1) is 14.0. The van der Waals surface area contributed by atoms with E-state index in [0.29, 0.717) is 24.1 Å². The molecule has 0 saturated carbocycles. The lowest BCUT2D eigenvalue weighted by Crippen LogP contribution is -2.32. The van der Waals surface area contributed by atoms with E-state index in [-0.39, 0.29) is 17.5 Å². The van der Waals surface area contributed by atoms with Crippen LogP contribution in [-0.4, -0.2) is 45.1 Å². The van der Waals surface area contributed by atoms with Crippen molar-refractivity contribution in [3.05, 3.63) is 59.9 Å². The maximum Gasteiger partial charge on any atom is 0.233 e. The Hall–Kier alpha value is -3.07. The average Bonchev–Trinajstić information content (AvgIpc) is 3.10. The van der Waals surface area contributed by atoms with Gasteiger partial charge in [0.2, 0.25) is 11.1 Å². The molecule has 0 spiro atoms. The molecular weight excluding hydrogens is 393 g/mol. The lowest BCUT2D eigenvalue weighted by Gasteiger charge is -2.20. The number of hydrogen-bond acceptors (Lipinski definition) is 6. The zero-order valence-corrected chi connectivity index (χ0v) is 17.0. The number of hydrogen-bond donors (Lipinski definition) is 1. The Morgan fingerprint density at radius 1 is 1.24 bits per heavy atom. The van der Waals surface area contributed by atoms with Gasteiger partial charge < -0.3 is 15.5 Å². The monoisotopic (exact) mass is 415 g/mol. The lowest BCUT2D eigenvalue weighted by molar-refractivity contribution is -0.128. The van der Waals surface area contributed by atoms with Gasteiger partial charge in [-0.15, -0.1) is 10.2 Å². The standard InChI is InChI=1S/C20H22FN5O2S/c1-3-25(12-14-5-4-6-16(21)11-14)18(27)13-29-20-24-23-19(26(20)22)15-7-9-17(28-2)10-8-15/h4-11H,3,12-13,22H2,1-2H3. The summed E-state index contributed by atoms with van der Waals surface area (Å²) in [4.78, 5) is 14.3. The van der Waals surface area contributed by atoms with Crippen molar-refractivity contribution in [2.75, 3.05) is 25.3 Å². The molecule has 0 aliphatic rings. The fraction of sp³-hybridized carbons (Fsp3) is 0.250. The fourth-order valence-corrected chi connectivity index (χ4v) is 3.52. The highest BCUT2D eigenvalue weighted by molar-refractivity contribution is 7.99. The molecule has 0 aliphatic carbocycles. The summed E-state index contributed by atoms with van der Waals surface area (Å²) >= 11 is 1.21. The first kappa shape index (κ1) is 20.7. The number of thioether (sulfide) groups is 1. The maximum atomic E-state index is 13.4. The Kier molecular flexibility index (Phi) is 6.71. The van der Waals surface area contributed by atoms with E-state index in [1.54, 1.807) is 24.1 Å². The van der Waals surface area contributed by atoms with Crippen LogP contribution in [0.2, 0.25) is 0 Å². The molecule has 0 atom stereocenters. The highest BCUT2D eigenvalue weighted by atomic mass is 32.2. The topological polar surface area (TPSA) is 86.3 Å². The predicted octanol–water partition coefficient (Wildman–Crippen LogP) is 2.95. The van der Waals surface area contributed by atoms with Gasteiger partial charge in [0, 0.05) is 18.7 Å². The summed E-state index contributed by atoms with van der Waals surface area (Å²) in [6, 6.07) is 13.5. The molecule has 1 aromatic heterocycles. The van der Waals surface area contributed by atoms with Crippen molar-refractivity contribution in [3.8, 4) is 17.1 Å². The molecule has 9 heteroatoms. The molecule has 0 unspecified atom stereocenters. The third kappa shape index (κ3) is 5.05. The van der Waals surface area contributed by atoms with Crippen LogP contribution < -0.4 is 10.6 Å². The molecule has 0 radical (unpaired) electrons. The van der Waals surface area contributed by atoms with Gasteiger partial charge in [-0.2, -0.15) is 0 Å². The van der Waals surface area contributed by atoms with Crippen LogP contribution in [0.1, 0.15) is 12.5 Å². The van der Waals surface area contributed by atoms with E-state index in [2.05, 4.69) is 10.2 Å². The van der Waals surface area contributed by atoms with Gasteiger partial charge in [-0.25, -0.2) is 9.07 Å². The molecule has 29 heavy (non-hydrogen) atoms. The van der Waals surface area contributed by atoms with E-state index in [4.69, 9.17) is 10.6 Å². The van der Waals surface area contributed by atoms with Crippen molar-refractivity contribution < 1.29 is 13.9 Å². The first-order valence-corrected chi connectivity index (χ1v) is 10.00. The Balaban J connectivity index is 1.64. The molecule has 3 rings (SSSR count). The largest absolute Gasteiger partial charge is 0.497 e. The number of benzene rings is 2. The SMILES string of the molecule is CCN(Cc1cccc(F)c1)C(=O)CSc1nnc(-c2ccc(OC)cc2)n1N. The second-order valence-corrected chi connectivity index (χ2v) is 7.17. The molecule has 0 aliphatic heterocycles. The normalized spacial score (nSPS) is 10.7. The molecule has 2 aromatic carbocycles. The van der Waals surface area contributed by atoms with Gasteiger partial charge in [0.25, 0.3) is 0 Å². The Bertz CT molecular complexity index is 977. The summed E-state index contributed by atoms with van der Waals surface area (Å²) in [6.07, 6.45) is 0. The summed E-state index contributed by atoms with van der Waals surface area (Å²) in [7, 11) is 1.60. The van der Waals surface area contributed by atoms with Gasteiger partial charge in [-0.05, 0) is 48.9 Å². The molecule has 0 fully saturated rings.